The number of nitrogens with one attached hydrogen (secondary N) is 1. The molecule has 31 heavy (non-hydrogen) atoms. The summed E-state index contributed by atoms with van der Waals surface area (Å²) in [4.78, 5) is 11.9. The fourth-order valence-corrected chi connectivity index (χ4v) is 5.63. The molecule has 0 aliphatic heterocycles. The van der Waals surface area contributed by atoms with Crippen molar-refractivity contribution in [3.63, 3.8) is 0 Å². The molecule has 2 rings (SSSR count). The fourth-order valence-electron chi connectivity index (χ4n) is 2.75. The highest BCUT2D eigenvalue weighted by atomic mass is 79.9. The van der Waals surface area contributed by atoms with E-state index in [0.29, 0.717) is 28.2 Å². The predicted octanol–water partition coefficient (Wildman–Crippen LogP) is 4.81. The van der Waals surface area contributed by atoms with Gasteiger partial charge in [0.2, 0.25) is 0 Å². The van der Waals surface area contributed by atoms with Crippen LogP contribution in [-0.4, -0.2) is 50.2 Å². The molecule has 0 amide bonds. The number of carboxylic acid groups (broad SMARTS) is 1. The molecule has 0 spiro atoms. The maximum Gasteiger partial charge on any atom is 0.341 e. The standard InChI is InChI=1S/C21H25BrClNO5S2/c1-14-10-16(4-7-20(14)29-13-21(25)26)30-15(2)12-24-8-3-9-31(27,28)17-5-6-18(22)19(23)11-17/h4-7,10-11,15,24H,3,8-9,12-13H2,1-2H3,(H,25,26). The SMILES string of the molecule is Cc1cc(SC(C)CNCCCS(=O)(=O)c2ccc(Br)c(Cl)c2)ccc1OCC(=O)O. The second kappa shape index (κ2) is 12.1. The number of hydrogen-bond donors (Lipinski definition) is 2. The fraction of sp³-hybridized carbons (Fsp3) is 0.381. The minimum atomic E-state index is -3.37. The molecule has 0 radical (unpaired) electrons. The van der Waals surface area contributed by atoms with Crippen molar-refractivity contribution in [1.82, 2.24) is 5.32 Å². The van der Waals surface area contributed by atoms with Gasteiger partial charge in [0.1, 0.15) is 5.75 Å². The number of thioether (sulfide) groups is 1. The number of carbonyl (C=O) groups is 1. The third-order valence-electron chi connectivity index (χ3n) is 4.28. The number of aryl methyl sites for hydroxylation is 1. The lowest BCUT2D eigenvalue weighted by atomic mass is 10.2. The lowest BCUT2D eigenvalue weighted by Gasteiger charge is -2.14. The van der Waals surface area contributed by atoms with Crippen LogP contribution < -0.4 is 10.1 Å². The van der Waals surface area contributed by atoms with Gasteiger partial charge in [-0.15, -0.1) is 11.8 Å². The van der Waals surface area contributed by atoms with Crippen LogP contribution in [0.1, 0.15) is 18.9 Å². The first kappa shape index (κ1) is 26.0. The Bertz CT molecular complexity index is 1020. The van der Waals surface area contributed by atoms with Crippen molar-refractivity contribution in [3.8, 4) is 5.75 Å². The lowest BCUT2D eigenvalue weighted by Crippen LogP contribution is -2.25. The zero-order chi connectivity index (χ0) is 23.0. The summed E-state index contributed by atoms with van der Waals surface area (Å²) in [5, 5.41) is 12.7. The van der Waals surface area contributed by atoms with E-state index in [0.717, 1.165) is 17.0 Å². The van der Waals surface area contributed by atoms with Gasteiger partial charge >= 0.3 is 5.97 Å². The van der Waals surface area contributed by atoms with E-state index in [1.807, 2.05) is 19.1 Å². The van der Waals surface area contributed by atoms with Gasteiger partial charge in [-0.3, -0.25) is 0 Å². The number of sulfone groups is 1. The molecule has 6 nitrogen and oxygen atoms in total. The van der Waals surface area contributed by atoms with Gasteiger partial charge in [-0.1, -0.05) is 18.5 Å². The summed E-state index contributed by atoms with van der Waals surface area (Å²) < 4.78 is 30.8. The predicted molar refractivity (Wildman–Crippen MR) is 128 cm³/mol. The first-order chi connectivity index (χ1) is 14.6. The first-order valence-electron chi connectivity index (χ1n) is 9.59. The Morgan fingerprint density at radius 2 is 2.03 bits per heavy atom. The Morgan fingerprint density at radius 3 is 2.68 bits per heavy atom. The smallest absolute Gasteiger partial charge is 0.341 e. The van der Waals surface area contributed by atoms with Gasteiger partial charge in [0, 0.05) is 21.2 Å². The van der Waals surface area contributed by atoms with E-state index in [2.05, 4.69) is 28.2 Å². The monoisotopic (exact) mass is 549 g/mol. The Labute approximate surface area is 200 Å². The molecule has 2 N–H and O–H groups in total. The van der Waals surface area contributed by atoms with E-state index < -0.39 is 15.8 Å². The van der Waals surface area contributed by atoms with Crippen molar-refractivity contribution in [2.24, 2.45) is 0 Å². The second-order valence-electron chi connectivity index (χ2n) is 6.99. The van der Waals surface area contributed by atoms with Crippen LogP contribution in [0.15, 0.2) is 50.7 Å². The molecule has 170 valence electrons. The number of hydrogen-bond acceptors (Lipinski definition) is 6. The maximum atomic E-state index is 12.4. The van der Waals surface area contributed by atoms with Gasteiger partial charge < -0.3 is 15.2 Å². The summed E-state index contributed by atoms with van der Waals surface area (Å²) in [6.45, 7) is 4.92. The number of halogens is 2. The van der Waals surface area contributed by atoms with E-state index in [9.17, 15) is 13.2 Å². The van der Waals surface area contributed by atoms with Crippen molar-refractivity contribution < 1.29 is 23.1 Å². The molecule has 10 heteroatoms. The molecule has 0 aromatic heterocycles. The average Bonchev–Trinajstić information content (AvgIpc) is 2.68. The summed E-state index contributed by atoms with van der Waals surface area (Å²) in [7, 11) is -3.37. The highest BCUT2D eigenvalue weighted by Crippen LogP contribution is 2.28. The Balaban J connectivity index is 1.74. The van der Waals surface area contributed by atoms with Gasteiger partial charge in [-0.25, -0.2) is 13.2 Å². The van der Waals surface area contributed by atoms with Gasteiger partial charge in [-0.05, 0) is 77.8 Å². The topological polar surface area (TPSA) is 92.7 Å². The minimum absolute atomic E-state index is 0.0521. The molecule has 0 fully saturated rings. The van der Waals surface area contributed by atoms with Crippen molar-refractivity contribution in [1.29, 1.82) is 0 Å². The van der Waals surface area contributed by atoms with Crippen LogP contribution in [0.2, 0.25) is 5.02 Å². The first-order valence-corrected chi connectivity index (χ1v) is 13.3. The zero-order valence-electron chi connectivity index (χ0n) is 17.2. The minimum Gasteiger partial charge on any atom is -0.482 e. The van der Waals surface area contributed by atoms with E-state index in [-0.39, 0.29) is 22.5 Å². The van der Waals surface area contributed by atoms with Crippen molar-refractivity contribution >= 4 is 55.1 Å². The highest BCUT2D eigenvalue weighted by molar-refractivity contribution is 9.10. The number of benzene rings is 2. The van der Waals surface area contributed by atoms with E-state index in [4.69, 9.17) is 21.4 Å². The molecule has 0 aliphatic rings. The molecule has 0 saturated carbocycles. The molecule has 0 aliphatic carbocycles. The van der Waals surface area contributed by atoms with Crippen molar-refractivity contribution in [2.75, 3.05) is 25.4 Å². The summed E-state index contributed by atoms with van der Waals surface area (Å²) >= 11 is 10.9. The third-order valence-corrected chi connectivity index (χ3v) is 8.41. The molecule has 0 bridgehead atoms. The Hall–Kier alpha value is -1.26. The Morgan fingerprint density at radius 1 is 1.29 bits per heavy atom. The van der Waals surface area contributed by atoms with Crippen molar-refractivity contribution in [3.05, 3.63) is 51.5 Å². The van der Waals surface area contributed by atoms with E-state index in [1.165, 1.54) is 6.07 Å². The van der Waals surface area contributed by atoms with Gasteiger partial charge in [0.05, 0.1) is 15.7 Å². The van der Waals surface area contributed by atoms with Gasteiger partial charge in [0.25, 0.3) is 0 Å². The number of aliphatic carboxylic acids is 1. The van der Waals surface area contributed by atoms with Crippen LogP contribution in [0.4, 0.5) is 0 Å². The zero-order valence-corrected chi connectivity index (χ0v) is 21.2. The molecule has 1 atom stereocenters. The van der Waals surface area contributed by atoms with Crippen LogP contribution in [0.25, 0.3) is 0 Å². The number of carboxylic acids is 1. The molecule has 0 heterocycles. The summed E-state index contributed by atoms with van der Waals surface area (Å²) in [6, 6.07) is 10.3. The maximum absolute atomic E-state index is 12.4. The number of ether oxygens (including phenoxy) is 1. The van der Waals surface area contributed by atoms with Crippen LogP contribution in [-0.2, 0) is 14.6 Å². The molecule has 0 saturated heterocycles. The largest absolute Gasteiger partial charge is 0.482 e. The molecule has 1 unspecified atom stereocenters. The van der Waals surface area contributed by atoms with Crippen LogP contribution in [0.3, 0.4) is 0 Å². The molecular formula is C21H25BrClNO5S2. The molecular weight excluding hydrogens is 526 g/mol. The van der Waals surface area contributed by atoms with Gasteiger partial charge in [-0.2, -0.15) is 0 Å². The quantitative estimate of drug-likeness (QED) is 0.289. The summed E-state index contributed by atoms with van der Waals surface area (Å²) in [5.41, 5.74) is 0.879. The third kappa shape index (κ3) is 8.65. The van der Waals surface area contributed by atoms with Crippen molar-refractivity contribution in [2.45, 2.75) is 35.3 Å². The Kier molecular flexibility index (Phi) is 10.2. The summed E-state index contributed by atoms with van der Waals surface area (Å²) in [6.07, 6.45) is 0.502. The average molecular weight is 551 g/mol. The van der Waals surface area contributed by atoms with Crippen LogP contribution in [0, 0.1) is 6.92 Å². The highest BCUT2D eigenvalue weighted by Gasteiger charge is 2.15. The molecule has 2 aromatic carbocycles. The second-order valence-corrected chi connectivity index (χ2v) is 11.9. The van der Waals surface area contributed by atoms with Gasteiger partial charge in [0.15, 0.2) is 16.4 Å². The lowest BCUT2D eigenvalue weighted by molar-refractivity contribution is -0.139. The normalized spacial score (nSPS) is 12.5. The summed E-state index contributed by atoms with van der Waals surface area (Å²) in [5.74, 6) is -0.395. The number of rotatable bonds is 12. The van der Waals surface area contributed by atoms with Crippen LogP contribution in [0.5, 0.6) is 5.75 Å². The van der Waals surface area contributed by atoms with E-state index in [1.54, 1.807) is 30.0 Å². The molecule has 2 aromatic rings. The van der Waals surface area contributed by atoms with Crippen LogP contribution >= 0.6 is 39.3 Å². The van der Waals surface area contributed by atoms with E-state index >= 15 is 0 Å².